The Bertz CT molecular complexity index is 606. The molecule has 2 rings (SSSR count). The molecule has 0 N–H and O–H groups in total. The maximum Gasteiger partial charge on any atom is 0.238 e. The lowest BCUT2D eigenvalue weighted by Gasteiger charge is -2.23. The Morgan fingerprint density at radius 3 is 2.71 bits per heavy atom. The number of rotatable bonds is 5. The summed E-state index contributed by atoms with van der Waals surface area (Å²) >= 11 is 15.4. The molecule has 118 valence electrons. The van der Waals surface area contributed by atoms with E-state index >= 15 is 0 Å². The number of benzene rings is 1. The number of fused-ring (bicyclic) bond motifs is 1. The fourth-order valence-corrected chi connectivity index (χ4v) is 4.65. The fourth-order valence-electron chi connectivity index (χ4n) is 2.24. The quantitative estimate of drug-likeness (QED) is 0.591. The first kappa shape index (κ1) is 17.6. The topological polar surface area (TPSA) is 27.7 Å². The van der Waals surface area contributed by atoms with Gasteiger partial charge in [-0.1, -0.05) is 18.5 Å². The highest BCUT2D eigenvalue weighted by atomic mass is 79.9. The second-order valence-electron chi connectivity index (χ2n) is 5.45. The average molecular weight is 414 g/mol. The molecule has 0 spiro atoms. The van der Waals surface area contributed by atoms with Crippen LogP contribution in [0.1, 0.15) is 33.3 Å². The van der Waals surface area contributed by atoms with Gasteiger partial charge >= 0.3 is 0 Å². The van der Waals surface area contributed by atoms with E-state index < -0.39 is 6.49 Å². The SMILES string of the molecule is CCOP(=S)(CC)Oc1cc(Br)c(Cl)c2c1OC(C)(C)C2. The maximum absolute atomic E-state index is 6.37. The first-order chi connectivity index (χ1) is 9.71. The van der Waals surface area contributed by atoms with Crippen molar-refractivity contribution in [3.8, 4) is 11.5 Å². The molecule has 0 aromatic heterocycles. The number of hydrogen-bond donors (Lipinski definition) is 0. The van der Waals surface area contributed by atoms with Crippen molar-refractivity contribution < 1.29 is 13.8 Å². The molecule has 3 nitrogen and oxygen atoms in total. The zero-order valence-corrected chi connectivity index (χ0v) is 16.6. The van der Waals surface area contributed by atoms with Crippen LogP contribution in [0.15, 0.2) is 10.5 Å². The minimum absolute atomic E-state index is 0.300. The molecular formula is C14H19BrClO3PS. The van der Waals surface area contributed by atoms with Crippen LogP contribution in [0.4, 0.5) is 0 Å². The van der Waals surface area contributed by atoms with Crippen molar-refractivity contribution in [2.24, 2.45) is 0 Å². The highest BCUT2D eigenvalue weighted by Gasteiger charge is 2.36. The van der Waals surface area contributed by atoms with Crippen molar-refractivity contribution in [3.63, 3.8) is 0 Å². The zero-order valence-electron chi connectivity index (χ0n) is 12.5. The van der Waals surface area contributed by atoms with Gasteiger partial charge in [0.2, 0.25) is 6.49 Å². The normalized spacial score (nSPS) is 18.8. The third-order valence-corrected chi connectivity index (χ3v) is 7.66. The van der Waals surface area contributed by atoms with Crippen molar-refractivity contribution in [3.05, 3.63) is 21.1 Å². The van der Waals surface area contributed by atoms with Crippen molar-refractivity contribution in [2.45, 2.75) is 39.7 Å². The molecule has 1 aromatic rings. The monoisotopic (exact) mass is 412 g/mol. The Balaban J connectivity index is 2.45. The minimum Gasteiger partial charge on any atom is -0.483 e. The molecule has 21 heavy (non-hydrogen) atoms. The first-order valence-electron chi connectivity index (χ1n) is 6.84. The predicted molar refractivity (Wildman–Crippen MR) is 94.6 cm³/mol. The summed E-state index contributed by atoms with van der Waals surface area (Å²) in [5.41, 5.74) is 0.658. The number of halogens is 2. The van der Waals surface area contributed by atoms with Gasteiger partial charge in [0, 0.05) is 28.7 Å². The second-order valence-corrected chi connectivity index (χ2v) is 10.6. The molecule has 0 saturated heterocycles. The molecule has 0 bridgehead atoms. The van der Waals surface area contributed by atoms with Gasteiger partial charge in [-0.25, -0.2) is 0 Å². The summed E-state index contributed by atoms with van der Waals surface area (Å²) in [4.78, 5) is 0. The van der Waals surface area contributed by atoms with Crippen LogP contribution in [0.2, 0.25) is 5.02 Å². The molecule has 1 aliphatic rings. The van der Waals surface area contributed by atoms with E-state index in [-0.39, 0.29) is 5.60 Å². The van der Waals surface area contributed by atoms with Gasteiger partial charge in [0.25, 0.3) is 0 Å². The van der Waals surface area contributed by atoms with Crippen LogP contribution in [0, 0.1) is 0 Å². The molecule has 1 heterocycles. The van der Waals surface area contributed by atoms with Gasteiger partial charge in [-0.15, -0.1) is 0 Å². The summed E-state index contributed by atoms with van der Waals surface area (Å²) in [6.07, 6.45) is 1.40. The molecule has 0 amide bonds. The average Bonchev–Trinajstić information content (AvgIpc) is 2.72. The largest absolute Gasteiger partial charge is 0.483 e. The minimum atomic E-state index is -2.34. The van der Waals surface area contributed by atoms with Crippen LogP contribution in [-0.2, 0) is 22.8 Å². The third kappa shape index (κ3) is 3.76. The summed E-state index contributed by atoms with van der Waals surface area (Å²) in [5.74, 6) is 1.31. The van der Waals surface area contributed by atoms with E-state index in [9.17, 15) is 0 Å². The first-order valence-corrected chi connectivity index (χ1v) is 10.8. The highest BCUT2D eigenvalue weighted by Crippen LogP contribution is 2.55. The van der Waals surface area contributed by atoms with Gasteiger partial charge in [0.05, 0.1) is 11.6 Å². The van der Waals surface area contributed by atoms with E-state index in [0.717, 1.165) is 16.5 Å². The highest BCUT2D eigenvalue weighted by molar-refractivity contribution is 9.10. The third-order valence-electron chi connectivity index (χ3n) is 3.16. The molecule has 1 atom stereocenters. The lowest BCUT2D eigenvalue weighted by molar-refractivity contribution is 0.135. The molecule has 0 fully saturated rings. The Morgan fingerprint density at radius 2 is 2.14 bits per heavy atom. The summed E-state index contributed by atoms with van der Waals surface area (Å²) in [5, 5.41) is 0.670. The van der Waals surface area contributed by atoms with Crippen LogP contribution < -0.4 is 9.26 Å². The lowest BCUT2D eigenvalue weighted by atomic mass is 10.0. The van der Waals surface area contributed by atoms with Gasteiger partial charge in [0.15, 0.2) is 11.5 Å². The number of hydrogen-bond acceptors (Lipinski definition) is 4. The van der Waals surface area contributed by atoms with Crippen LogP contribution in [-0.4, -0.2) is 18.4 Å². The van der Waals surface area contributed by atoms with E-state index in [1.807, 2.05) is 33.8 Å². The molecule has 0 aliphatic carbocycles. The van der Waals surface area contributed by atoms with Crippen LogP contribution in [0.3, 0.4) is 0 Å². The Labute approximate surface area is 144 Å². The number of ether oxygens (including phenoxy) is 1. The van der Waals surface area contributed by atoms with Crippen LogP contribution >= 0.6 is 34.0 Å². The smallest absolute Gasteiger partial charge is 0.238 e. The Hall–Kier alpha value is 0.200. The lowest BCUT2D eigenvalue weighted by Crippen LogP contribution is -2.24. The van der Waals surface area contributed by atoms with Gasteiger partial charge in [0.1, 0.15) is 5.60 Å². The van der Waals surface area contributed by atoms with Crippen molar-refractivity contribution >= 4 is 45.8 Å². The van der Waals surface area contributed by atoms with Crippen molar-refractivity contribution in [1.29, 1.82) is 0 Å². The standard InChI is InChI=1S/C14H19BrClO3PS/c1-5-17-20(21,6-2)19-11-7-10(15)12(16)9-8-14(3,4)18-13(9)11/h7H,5-6,8H2,1-4H3. The maximum atomic E-state index is 6.37. The van der Waals surface area contributed by atoms with Crippen LogP contribution in [0.25, 0.3) is 0 Å². The summed E-state index contributed by atoms with van der Waals surface area (Å²) < 4.78 is 18.5. The zero-order chi connectivity index (χ0) is 15.8. The van der Waals surface area contributed by atoms with E-state index in [0.29, 0.717) is 29.3 Å². The van der Waals surface area contributed by atoms with E-state index in [2.05, 4.69) is 15.9 Å². The van der Waals surface area contributed by atoms with Gasteiger partial charge < -0.3 is 13.8 Å². The molecule has 1 aliphatic heterocycles. The van der Waals surface area contributed by atoms with Crippen molar-refractivity contribution in [2.75, 3.05) is 12.8 Å². The Kier molecular flexibility index (Phi) is 5.32. The molecule has 1 aromatic carbocycles. The predicted octanol–water partition coefficient (Wildman–Crippen LogP) is 5.56. The molecular weight excluding hydrogens is 395 g/mol. The molecule has 7 heteroatoms. The van der Waals surface area contributed by atoms with E-state index in [4.69, 9.17) is 37.2 Å². The van der Waals surface area contributed by atoms with E-state index in [1.54, 1.807) is 0 Å². The van der Waals surface area contributed by atoms with Crippen molar-refractivity contribution in [1.82, 2.24) is 0 Å². The summed E-state index contributed by atoms with van der Waals surface area (Å²) in [7, 11) is 0. The second kappa shape index (κ2) is 6.37. The Morgan fingerprint density at radius 1 is 1.48 bits per heavy atom. The molecule has 0 radical (unpaired) electrons. The summed E-state index contributed by atoms with van der Waals surface area (Å²) in [6, 6.07) is 1.82. The fraction of sp³-hybridized carbons (Fsp3) is 0.571. The van der Waals surface area contributed by atoms with Gasteiger partial charge in [-0.3, -0.25) is 0 Å². The van der Waals surface area contributed by atoms with Gasteiger partial charge in [-0.05, 0) is 48.5 Å². The molecule has 1 unspecified atom stereocenters. The van der Waals surface area contributed by atoms with Gasteiger partial charge in [-0.2, -0.15) is 0 Å². The van der Waals surface area contributed by atoms with Crippen LogP contribution in [0.5, 0.6) is 11.5 Å². The van der Waals surface area contributed by atoms with E-state index in [1.165, 1.54) is 0 Å². The summed E-state index contributed by atoms with van der Waals surface area (Å²) in [6.45, 7) is 6.15. The molecule has 0 saturated carbocycles.